The Balaban J connectivity index is 2.15. The number of amides is 1. The maximum atomic E-state index is 12.6. The summed E-state index contributed by atoms with van der Waals surface area (Å²) in [4.78, 5) is 22.8. The maximum absolute atomic E-state index is 12.6. The minimum absolute atomic E-state index is 0.0513. The van der Waals surface area contributed by atoms with Crippen LogP contribution in [-0.4, -0.2) is 24.9 Å². The Labute approximate surface area is 131 Å². The molecular weight excluding hydrogens is 407 g/mol. The third kappa shape index (κ3) is 2.21. The van der Waals surface area contributed by atoms with Gasteiger partial charge in [0.15, 0.2) is 0 Å². The Bertz CT molecular complexity index is 791. The van der Waals surface area contributed by atoms with Crippen LogP contribution in [0.2, 0.25) is 0 Å². The van der Waals surface area contributed by atoms with E-state index in [9.17, 15) is 18.7 Å². The molecule has 1 aliphatic rings. The molecule has 1 amide bonds. The topological polar surface area (TPSA) is 80.5 Å². The molecule has 3 rings (SSSR count). The second-order valence-electron chi connectivity index (χ2n) is 4.24. The van der Waals surface area contributed by atoms with Crippen LogP contribution in [0.5, 0.6) is 0 Å². The van der Waals surface area contributed by atoms with E-state index in [-0.39, 0.29) is 15.7 Å². The molecule has 6 nitrogen and oxygen atoms in total. The summed E-state index contributed by atoms with van der Waals surface area (Å²) in [5, 5.41) is 11.1. The number of carbonyl (C=O) groups is 1. The van der Waals surface area contributed by atoms with Crippen LogP contribution in [0.25, 0.3) is 0 Å². The molecule has 0 aromatic heterocycles. The van der Waals surface area contributed by atoms with Crippen molar-refractivity contribution in [3.63, 3.8) is 0 Å². The van der Waals surface area contributed by atoms with Crippen molar-refractivity contribution < 1.29 is 13.6 Å². The van der Waals surface area contributed by atoms with Gasteiger partial charge in [0.1, 0.15) is 0 Å². The quantitative estimate of drug-likeness (QED) is 0.429. The van der Waals surface area contributed by atoms with Crippen LogP contribution in [-0.2, 0) is 3.83 Å². The fourth-order valence-corrected chi connectivity index (χ4v) is 5.31. The van der Waals surface area contributed by atoms with Crippen LogP contribution in [0.3, 0.4) is 0 Å². The number of nitrogens with zero attached hydrogens (tertiary/aromatic N) is 2. The number of anilines is 1. The Morgan fingerprint density at radius 3 is 2.43 bits per heavy atom. The van der Waals surface area contributed by atoms with Gasteiger partial charge in [0.05, 0.1) is 0 Å². The van der Waals surface area contributed by atoms with Crippen molar-refractivity contribution in [2.75, 3.05) is 3.92 Å². The Hall–Kier alpha value is -1.89. The van der Waals surface area contributed by atoms with Gasteiger partial charge in [-0.1, -0.05) is 0 Å². The van der Waals surface area contributed by atoms with E-state index in [1.165, 1.54) is 18.2 Å². The van der Waals surface area contributed by atoms with E-state index < -0.39 is 24.9 Å². The van der Waals surface area contributed by atoms with Crippen LogP contribution in [0.1, 0.15) is 10.4 Å². The summed E-state index contributed by atoms with van der Waals surface area (Å²) >= 11 is 0.258. The molecule has 1 unspecified atom stereocenters. The van der Waals surface area contributed by atoms with Gasteiger partial charge in [0, 0.05) is 0 Å². The van der Waals surface area contributed by atoms with Gasteiger partial charge in [0.2, 0.25) is 0 Å². The summed E-state index contributed by atoms with van der Waals surface area (Å²) in [6.45, 7) is 0. The van der Waals surface area contributed by atoms with E-state index >= 15 is 0 Å². The predicted molar refractivity (Wildman–Crippen MR) is 80.1 cm³/mol. The summed E-state index contributed by atoms with van der Waals surface area (Å²) in [7, 11) is 0. The van der Waals surface area contributed by atoms with Crippen molar-refractivity contribution in [1.82, 2.24) is 0 Å². The molecule has 1 aliphatic heterocycles. The van der Waals surface area contributed by atoms with E-state index in [1.807, 2.05) is 0 Å². The molecule has 2 aromatic rings. The third-order valence-electron chi connectivity index (χ3n) is 3.01. The fourth-order valence-electron chi connectivity index (χ4n) is 2.09. The monoisotopic (exact) mass is 414 g/mol. The molecule has 0 saturated carbocycles. The van der Waals surface area contributed by atoms with Gasteiger partial charge in [-0.3, -0.25) is 0 Å². The zero-order valence-electron chi connectivity index (χ0n) is 10.4. The number of halogens is 1. The first-order valence-corrected chi connectivity index (χ1v) is 8.91. The fraction of sp³-hybridized carbons (Fsp3) is 0. The van der Waals surface area contributed by atoms with Gasteiger partial charge >= 0.3 is 132 Å². The zero-order chi connectivity index (χ0) is 15.1. The molecule has 0 radical (unpaired) electrons. The SMILES string of the molecule is O=C1c2cccc([N+](=O)[O-])c2[Se](=O)N1c1ccc(Br)cc1. The molecule has 0 aliphatic carbocycles. The number of hydrogen-bond acceptors (Lipinski definition) is 4. The number of hydrogen-bond donors (Lipinski definition) is 0. The molecule has 0 saturated heterocycles. The molecule has 2 aromatic carbocycles. The summed E-state index contributed by atoms with van der Waals surface area (Å²) < 4.78 is 14.6. The molecule has 8 heteroatoms. The van der Waals surface area contributed by atoms with Gasteiger partial charge in [-0.15, -0.1) is 0 Å². The van der Waals surface area contributed by atoms with Gasteiger partial charge < -0.3 is 0 Å². The molecule has 0 spiro atoms. The molecule has 1 heterocycles. The molecule has 0 N–H and O–H groups in total. The standard InChI is InChI=1S/C13H7BrN2O4Se/c14-8-4-6-9(7-5-8)15-13(17)10-2-1-3-11(16(18)19)12(10)21(15)20/h1-7H. The van der Waals surface area contributed by atoms with E-state index in [0.717, 1.165) is 8.39 Å². The number of benzene rings is 2. The average molecular weight is 414 g/mol. The third-order valence-corrected chi connectivity index (χ3v) is 6.66. The number of fused-ring (bicyclic) bond motifs is 1. The van der Waals surface area contributed by atoms with Crippen LogP contribution in [0, 0.1) is 10.1 Å². The molecule has 1 atom stereocenters. The Kier molecular flexibility index (Phi) is 3.44. The van der Waals surface area contributed by atoms with Gasteiger partial charge in [-0.25, -0.2) is 0 Å². The first-order valence-electron chi connectivity index (χ1n) is 5.80. The van der Waals surface area contributed by atoms with E-state index in [4.69, 9.17) is 0 Å². The predicted octanol–water partition coefficient (Wildman–Crippen LogP) is 2.14. The van der Waals surface area contributed by atoms with Crippen molar-refractivity contribution in [2.45, 2.75) is 0 Å². The number of nitro benzene ring substituents is 1. The Morgan fingerprint density at radius 1 is 1.14 bits per heavy atom. The van der Waals surface area contributed by atoms with Gasteiger partial charge in [0.25, 0.3) is 0 Å². The average Bonchev–Trinajstić information content (AvgIpc) is 2.72. The first kappa shape index (κ1) is 14.1. The number of carbonyl (C=O) groups excluding carboxylic acids is 1. The van der Waals surface area contributed by atoms with Crippen molar-refractivity contribution in [2.24, 2.45) is 0 Å². The molecule has 0 bridgehead atoms. The second-order valence-corrected chi connectivity index (χ2v) is 7.82. The van der Waals surface area contributed by atoms with E-state index in [0.29, 0.717) is 5.69 Å². The van der Waals surface area contributed by atoms with Crippen LogP contribution < -0.4 is 8.38 Å². The van der Waals surface area contributed by atoms with Gasteiger partial charge in [-0.05, 0) is 0 Å². The molecular formula is C13H7BrN2O4Se. The van der Waals surface area contributed by atoms with Crippen LogP contribution in [0.15, 0.2) is 46.9 Å². The van der Waals surface area contributed by atoms with E-state index in [2.05, 4.69) is 15.9 Å². The summed E-state index contributed by atoms with van der Waals surface area (Å²) in [5.41, 5.74) is 0.348. The molecule has 106 valence electrons. The summed E-state index contributed by atoms with van der Waals surface area (Å²) in [6.07, 6.45) is 0. The van der Waals surface area contributed by atoms with Crippen molar-refractivity contribution in [3.8, 4) is 0 Å². The molecule has 21 heavy (non-hydrogen) atoms. The first-order chi connectivity index (χ1) is 10.0. The van der Waals surface area contributed by atoms with Crippen LogP contribution in [0.4, 0.5) is 11.4 Å². The summed E-state index contributed by atoms with van der Waals surface area (Å²) in [6, 6.07) is 10.9. The van der Waals surface area contributed by atoms with Crippen molar-refractivity contribution >= 4 is 51.7 Å². The van der Waals surface area contributed by atoms with E-state index in [1.54, 1.807) is 24.3 Å². The van der Waals surface area contributed by atoms with Crippen molar-refractivity contribution in [3.05, 3.63) is 62.6 Å². The number of nitro groups is 1. The second kappa shape index (κ2) is 5.14. The zero-order valence-corrected chi connectivity index (χ0v) is 13.7. The van der Waals surface area contributed by atoms with Crippen LogP contribution >= 0.6 is 15.9 Å². The number of rotatable bonds is 2. The summed E-state index contributed by atoms with van der Waals surface area (Å²) in [5.74, 6) is -0.462. The Morgan fingerprint density at radius 2 is 1.81 bits per heavy atom. The molecule has 0 fully saturated rings. The minimum atomic E-state index is -3.02. The van der Waals surface area contributed by atoms with Gasteiger partial charge in [-0.2, -0.15) is 0 Å². The van der Waals surface area contributed by atoms with Crippen molar-refractivity contribution in [1.29, 1.82) is 0 Å². The normalized spacial score (nSPS) is 16.9.